The van der Waals surface area contributed by atoms with Crippen LogP contribution in [-0.2, 0) is 18.3 Å². The van der Waals surface area contributed by atoms with Crippen LogP contribution < -0.4 is 20.3 Å². The summed E-state index contributed by atoms with van der Waals surface area (Å²) in [5.41, 5.74) is 2.41. The van der Waals surface area contributed by atoms with Gasteiger partial charge in [0.15, 0.2) is 0 Å². The van der Waals surface area contributed by atoms with Crippen LogP contribution in [0, 0.1) is 18.3 Å². The van der Waals surface area contributed by atoms with Crippen LogP contribution in [0.1, 0.15) is 30.7 Å². The maximum absolute atomic E-state index is 13.1. The number of benzene rings is 2. The second-order valence-electron chi connectivity index (χ2n) is 8.12. The number of carbonyl (C=O) groups is 1. The molecule has 0 spiro atoms. The molecule has 0 bridgehead atoms. The van der Waals surface area contributed by atoms with Gasteiger partial charge in [-0.2, -0.15) is 5.26 Å². The Balaban J connectivity index is 1.69. The molecule has 1 unspecified atom stereocenters. The largest absolute Gasteiger partial charge is 0.493 e. The Morgan fingerprint density at radius 3 is 2.74 bits per heavy atom. The molecular weight excluding hydrogens is 432 g/mol. The van der Waals surface area contributed by atoms with Crippen molar-refractivity contribution in [1.82, 2.24) is 9.36 Å². The smallest absolute Gasteiger partial charge is 0.295 e. The van der Waals surface area contributed by atoms with Gasteiger partial charge in [0.1, 0.15) is 34.9 Å². The fraction of sp³-hybridized carbons (Fsp3) is 0.269. The molecule has 0 aliphatic carbocycles. The predicted octanol–water partition coefficient (Wildman–Crippen LogP) is 3.75. The topological polar surface area (TPSA) is 98.3 Å². The molecule has 1 aromatic heterocycles. The molecular formula is C26H26N4O4. The van der Waals surface area contributed by atoms with Gasteiger partial charge in [0.05, 0.1) is 18.0 Å². The Morgan fingerprint density at radius 1 is 1.32 bits per heavy atom. The Labute approximate surface area is 197 Å². The second-order valence-corrected chi connectivity index (χ2v) is 8.12. The van der Waals surface area contributed by atoms with Crippen LogP contribution in [0.4, 0.5) is 5.69 Å². The number of nitriles is 1. The molecule has 8 heteroatoms. The third-order valence-corrected chi connectivity index (χ3v) is 5.79. The van der Waals surface area contributed by atoms with E-state index in [0.29, 0.717) is 35.1 Å². The molecule has 0 fully saturated rings. The minimum absolute atomic E-state index is 0.0512. The number of hydrogen-bond acceptors (Lipinski definition) is 5. The molecule has 0 radical (unpaired) electrons. The number of aromatic nitrogens is 2. The summed E-state index contributed by atoms with van der Waals surface area (Å²) in [5, 5.41) is 12.4. The number of nitrogens with zero attached hydrogens (tertiary/aromatic N) is 3. The molecule has 1 amide bonds. The average molecular weight is 459 g/mol. The average Bonchev–Trinajstić information content (AvgIpc) is 3.28. The summed E-state index contributed by atoms with van der Waals surface area (Å²) in [5.74, 6) is 0.608. The molecule has 1 atom stereocenters. The van der Waals surface area contributed by atoms with E-state index < -0.39 is 5.91 Å². The van der Waals surface area contributed by atoms with Crippen molar-refractivity contribution < 1.29 is 14.3 Å². The maximum atomic E-state index is 13.1. The van der Waals surface area contributed by atoms with Crippen molar-refractivity contribution in [2.75, 3.05) is 11.9 Å². The number of ether oxygens (including phenoxy) is 2. The van der Waals surface area contributed by atoms with Crippen molar-refractivity contribution >= 4 is 17.7 Å². The Kier molecular flexibility index (Phi) is 6.28. The molecule has 2 aromatic carbocycles. The van der Waals surface area contributed by atoms with Crippen LogP contribution in [0.25, 0.3) is 11.8 Å². The van der Waals surface area contributed by atoms with E-state index in [0.717, 1.165) is 12.0 Å². The van der Waals surface area contributed by atoms with Crippen LogP contribution in [0.3, 0.4) is 0 Å². The number of amides is 1. The van der Waals surface area contributed by atoms with E-state index in [4.69, 9.17) is 9.47 Å². The maximum Gasteiger partial charge on any atom is 0.295 e. The summed E-state index contributed by atoms with van der Waals surface area (Å²) in [6.07, 6.45) is 2.28. The van der Waals surface area contributed by atoms with Gasteiger partial charge in [0.25, 0.3) is 11.5 Å². The molecule has 1 aliphatic heterocycles. The Morgan fingerprint density at radius 2 is 2.06 bits per heavy atom. The first-order chi connectivity index (χ1) is 16.3. The van der Waals surface area contributed by atoms with Crippen molar-refractivity contribution in [2.24, 2.45) is 7.05 Å². The van der Waals surface area contributed by atoms with Crippen molar-refractivity contribution in [3.8, 4) is 23.3 Å². The van der Waals surface area contributed by atoms with E-state index in [1.807, 2.05) is 44.2 Å². The van der Waals surface area contributed by atoms with Gasteiger partial charge in [-0.3, -0.25) is 14.3 Å². The number of carbonyl (C=O) groups excluding carboxylic acids is 1. The summed E-state index contributed by atoms with van der Waals surface area (Å²) in [4.78, 5) is 26.1. The standard InChI is InChI=1S/C26H26N4O4/c1-5-33-22-13-18-11-16(2)34-23(18)14-19(22)12-20(15-27)25(31)28-24-17(3)29(4)30(26(24)32)21-9-7-6-8-10-21/h6-10,12-14,16H,5,11H2,1-4H3,(H,28,31)/b20-12+. The highest BCUT2D eigenvalue weighted by Crippen LogP contribution is 2.36. The zero-order valence-electron chi connectivity index (χ0n) is 19.6. The lowest BCUT2D eigenvalue weighted by molar-refractivity contribution is -0.112. The zero-order chi connectivity index (χ0) is 24.4. The van der Waals surface area contributed by atoms with Crippen molar-refractivity contribution in [3.63, 3.8) is 0 Å². The number of nitrogens with one attached hydrogen (secondary N) is 1. The highest BCUT2D eigenvalue weighted by atomic mass is 16.5. The predicted molar refractivity (Wildman–Crippen MR) is 129 cm³/mol. The van der Waals surface area contributed by atoms with Crippen molar-refractivity contribution in [2.45, 2.75) is 33.3 Å². The quantitative estimate of drug-likeness (QED) is 0.448. The summed E-state index contributed by atoms with van der Waals surface area (Å²) >= 11 is 0. The van der Waals surface area contributed by atoms with Crippen molar-refractivity contribution in [1.29, 1.82) is 5.26 Å². The molecule has 3 aromatic rings. The first-order valence-electron chi connectivity index (χ1n) is 11.1. The van der Waals surface area contributed by atoms with Crippen LogP contribution in [0.2, 0.25) is 0 Å². The van der Waals surface area contributed by atoms with Crippen LogP contribution in [-0.4, -0.2) is 28.0 Å². The number of hydrogen-bond donors (Lipinski definition) is 1. The minimum atomic E-state index is -0.675. The molecule has 1 aliphatic rings. The molecule has 0 saturated carbocycles. The molecule has 4 rings (SSSR count). The lowest BCUT2D eigenvalue weighted by Gasteiger charge is -2.10. The number of anilines is 1. The Hall–Kier alpha value is -4.25. The minimum Gasteiger partial charge on any atom is -0.493 e. The van der Waals surface area contributed by atoms with Gasteiger partial charge in [0.2, 0.25) is 0 Å². The van der Waals surface area contributed by atoms with Crippen LogP contribution >= 0.6 is 0 Å². The summed E-state index contributed by atoms with van der Waals surface area (Å²) in [6, 6.07) is 14.7. The van der Waals surface area contributed by atoms with Crippen molar-refractivity contribution in [3.05, 3.63) is 75.2 Å². The van der Waals surface area contributed by atoms with E-state index >= 15 is 0 Å². The van der Waals surface area contributed by atoms with E-state index in [1.54, 1.807) is 36.9 Å². The third kappa shape index (κ3) is 4.20. The molecule has 0 saturated heterocycles. The van der Waals surface area contributed by atoms with E-state index in [2.05, 4.69) is 5.32 Å². The fourth-order valence-corrected chi connectivity index (χ4v) is 4.05. The van der Waals surface area contributed by atoms with Gasteiger partial charge < -0.3 is 14.8 Å². The Bertz CT molecular complexity index is 1380. The van der Waals surface area contributed by atoms with Crippen LogP contribution in [0.5, 0.6) is 11.5 Å². The van der Waals surface area contributed by atoms with Gasteiger partial charge in [-0.05, 0) is 51.1 Å². The van der Waals surface area contributed by atoms with Crippen LogP contribution in [0.15, 0.2) is 52.8 Å². The molecule has 2 heterocycles. The summed E-state index contributed by atoms with van der Waals surface area (Å²) in [6.45, 7) is 6.02. The molecule has 174 valence electrons. The number of para-hydroxylation sites is 1. The number of rotatable bonds is 6. The van der Waals surface area contributed by atoms with E-state index in [1.165, 1.54) is 10.8 Å². The molecule has 1 N–H and O–H groups in total. The monoisotopic (exact) mass is 458 g/mol. The first kappa shape index (κ1) is 22.9. The summed E-state index contributed by atoms with van der Waals surface area (Å²) < 4.78 is 14.7. The van der Waals surface area contributed by atoms with E-state index in [-0.39, 0.29) is 22.9 Å². The fourth-order valence-electron chi connectivity index (χ4n) is 4.05. The van der Waals surface area contributed by atoms with Gasteiger partial charge in [-0.15, -0.1) is 0 Å². The lowest BCUT2D eigenvalue weighted by atomic mass is 10.0. The first-order valence-corrected chi connectivity index (χ1v) is 11.1. The normalized spacial score (nSPS) is 14.8. The van der Waals surface area contributed by atoms with Gasteiger partial charge >= 0.3 is 0 Å². The number of fused-ring (bicyclic) bond motifs is 1. The second kappa shape index (κ2) is 9.32. The lowest BCUT2D eigenvalue weighted by Crippen LogP contribution is -2.23. The highest BCUT2D eigenvalue weighted by molar-refractivity contribution is 6.10. The molecule has 8 nitrogen and oxygen atoms in total. The highest BCUT2D eigenvalue weighted by Gasteiger charge is 2.23. The third-order valence-electron chi connectivity index (χ3n) is 5.79. The van der Waals surface area contributed by atoms with Gasteiger partial charge in [-0.1, -0.05) is 18.2 Å². The van der Waals surface area contributed by atoms with E-state index in [9.17, 15) is 14.9 Å². The zero-order valence-corrected chi connectivity index (χ0v) is 19.6. The van der Waals surface area contributed by atoms with Gasteiger partial charge in [0, 0.05) is 24.6 Å². The SMILES string of the molecule is CCOc1cc2c(cc1/C=C(\C#N)C(=O)Nc1c(C)n(C)n(-c3ccccc3)c1=O)OC(C)C2. The summed E-state index contributed by atoms with van der Waals surface area (Å²) in [7, 11) is 1.74. The van der Waals surface area contributed by atoms with Gasteiger partial charge in [-0.25, -0.2) is 4.68 Å². The molecule has 34 heavy (non-hydrogen) atoms.